The number of anilines is 1. The fourth-order valence-corrected chi connectivity index (χ4v) is 3.02. The molecule has 1 aliphatic heterocycles. The van der Waals surface area contributed by atoms with Crippen LogP contribution in [0.3, 0.4) is 0 Å². The molecule has 1 fully saturated rings. The predicted molar refractivity (Wildman–Crippen MR) is 98.9 cm³/mol. The standard InChI is InChI=1S/C19H18ClFN2O4/c1-23-15(5-8-18(23)24)19(25)22-14-10-12(4-7-17(14)26-2)27-16-6-3-11(20)9-13(16)21/h3-4,6-7,9-10,15H,5,8H2,1-2H3,(H,22,25). The lowest BCUT2D eigenvalue weighted by molar-refractivity contribution is -0.131. The number of ether oxygens (including phenoxy) is 2. The van der Waals surface area contributed by atoms with Crippen LogP contribution >= 0.6 is 11.6 Å². The van der Waals surface area contributed by atoms with E-state index in [0.29, 0.717) is 30.0 Å². The zero-order chi connectivity index (χ0) is 19.6. The monoisotopic (exact) mass is 392 g/mol. The van der Waals surface area contributed by atoms with Crippen LogP contribution in [-0.4, -0.2) is 36.9 Å². The predicted octanol–water partition coefficient (Wildman–Crippen LogP) is 3.84. The molecule has 1 atom stereocenters. The summed E-state index contributed by atoms with van der Waals surface area (Å²) in [7, 11) is 3.06. The highest BCUT2D eigenvalue weighted by molar-refractivity contribution is 6.30. The molecule has 1 aliphatic rings. The first-order chi connectivity index (χ1) is 12.9. The SMILES string of the molecule is COc1ccc(Oc2ccc(Cl)cc2F)cc1NC(=O)C1CCC(=O)N1C. The molecule has 0 radical (unpaired) electrons. The van der Waals surface area contributed by atoms with Gasteiger partial charge in [-0.05, 0) is 36.8 Å². The highest BCUT2D eigenvalue weighted by Gasteiger charge is 2.33. The molecule has 1 heterocycles. The van der Waals surface area contributed by atoms with Gasteiger partial charge in [-0.2, -0.15) is 0 Å². The Labute approximate surface area is 160 Å². The first kappa shape index (κ1) is 19.0. The lowest BCUT2D eigenvalue weighted by Crippen LogP contribution is -2.38. The minimum atomic E-state index is -0.602. The van der Waals surface area contributed by atoms with Crippen molar-refractivity contribution in [1.82, 2.24) is 4.90 Å². The van der Waals surface area contributed by atoms with Gasteiger partial charge in [0.05, 0.1) is 12.8 Å². The molecule has 8 heteroatoms. The Morgan fingerprint density at radius 1 is 1.26 bits per heavy atom. The Balaban J connectivity index is 1.81. The van der Waals surface area contributed by atoms with Crippen LogP contribution < -0.4 is 14.8 Å². The molecule has 0 aliphatic carbocycles. The minimum Gasteiger partial charge on any atom is -0.495 e. The molecule has 27 heavy (non-hydrogen) atoms. The van der Waals surface area contributed by atoms with Crippen molar-refractivity contribution in [2.75, 3.05) is 19.5 Å². The normalized spacial score (nSPS) is 16.4. The first-order valence-electron chi connectivity index (χ1n) is 8.26. The van der Waals surface area contributed by atoms with Crippen LogP contribution in [0, 0.1) is 5.82 Å². The van der Waals surface area contributed by atoms with Crippen molar-refractivity contribution < 1.29 is 23.5 Å². The van der Waals surface area contributed by atoms with Crippen molar-refractivity contribution >= 4 is 29.1 Å². The number of carbonyl (C=O) groups is 2. The number of methoxy groups -OCH3 is 1. The highest BCUT2D eigenvalue weighted by atomic mass is 35.5. The van der Waals surface area contributed by atoms with E-state index in [1.54, 1.807) is 19.2 Å². The summed E-state index contributed by atoms with van der Waals surface area (Å²) >= 11 is 5.74. The van der Waals surface area contributed by atoms with Crippen LogP contribution in [0.1, 0.15) is 12.8 Å². The Morgan fingerprint density at radius 3 is 2.63 bits per heavy atom. The van der Waals surface area contributed by atoms with Gasteiger partial charge in [-0.25, -0.2) is 4.39 Å². The summed E-state index contributed by atoms with van der Waals surface area (Å²) in [6.45, 7) is 0. The summed E-state index contributed by atoms with van der Waals surface area (Å²) in [4.78, 5) is 25.6. The van der Waals surface area contributed by atoms with Crippen molar-refractivity contribution in [3.63, 3.8) is 0 Å². The first-order valence-corrected chi connectivity index (χ1v) is 8.64. The number of rotatable bonds is 5. The number of amides is 2. The van der Waals surface area contributed by atoms with E-state index in [1.165, 1.54) is 30.2 Å². The molecule has 2 aromatic rings. The molecule has 1 saturated heterocycles. The lowest BCUT2D eigenvalue weighted by Gasteiger charge is -2.20. The van der Waals surface area contributed by atoms with E-state index in [2.05, 4.69) is 5.32 Å². The average molecular weight is 393 g/mol. The van der Waals surface area contributed by atoms with Crippen molar-refractivity contribution in [3.8, 4) is 17.2 Å². The number of carbonyl (C=O) groups excluding carboxylic acids is 2. The van der Waals surface area contributed by atoms with Gasteiger partial charge in [0.15, 0.2) is 11.6 Å². The van der Waals surface area contributed by atoms with E-state index in [4.69, 9.17) is 21.1 Å². The minimum absolute atomic E-state index is 0.00275. The maximum absolute atomic E-state index is 13.9. The van der Waals surface area contributed by atoms with E-state index in [0.717, 1.165) is 6.07 Å². The molecule has 0 saturated carbocycles. The van der Waals surface area contributed by atoms with Crippen LogP contribution in [0.15, 0.2) is 36.4 Å². The summed E-state index contributed by atoms with van der Waals surface area (Å²) < 4.78 is 24.7. The second-order valence-electron chi connectivity index (χ2n) is 6.09. The molecule has 0 aromatic heterocycles. The highest BCUT2D eigenvalue weighted by Crippen LogP contribution is 2.33. The number of hydrogen-bond donors (Lipinski definition) is 1. The van der Waals surface area contributed by atoms with Gasteiger partial charge in [-0.1, -0.05) is 11.6 Å². The van der Waals surface area contributed by atoms with Gasteiger partial charge in [0.2, 0.25) is 11.8 Å². The van der Waals surface area contributed by atoms with Crippen molar-refractivity contribution in [2.24, 2.45) is 0 Å². The summed E-state index contributed by atoms with van der Waals surface area (Å²) in [5.74, 6) is -0.269. The van der Waals surface area contributed by atoms with Gasteiger partial charge in [0.25, 0.3) is 0 Å². The number of hydrogen-bond acceptors (Lipinski definition) is 4. The third-order valence-corrected chi connectivity index (χ3v) is 4.58. The topological polar surface area (TPSA) is 67.9 Å². The van der Waals surface area contributed by atoms with Gasteiger partial charge >= 0.3 is 0 Å². The van der Waals surface area contributed by atoms with Gasteiger partial charge in [0, 0.05) is 24.6 Å². The molecule has 0 spiro atoms. The molecule has 2 amide bonds. The van der Waals surface area contributed by atoms with Gasteiger partial charge in [-0.3, -0.25) is 9.59 Å². The van der Waals surface area contributed by atoms with Crippen LogP contribution in [0.4, 0.5) is 10.1 Å². The van der Waals surface area contributed by atoms with E-state index < -0.39 is 11.9 Å². The van der Waals surface area contributed by atoms with Gasteiger partial charge in [0.1, 0.15) is 17.5 Å². The fourth-order valence-electron chi connectivity index (χ4n) is 2.86. The smallest absolute Gasteiger partial charge is 0.247 e. The van der Waals surface area contributed by atoms with Crippen LogP contribution in [0.2, 0.25) is 5.02 Å². The summed E-state index contributed by atoms with van der Waals surface area (Å²) in [6.07, 6.45) is 0.792. The summed E-state index contributed by atoms with van der Waals surface area (Å²) in [6, 6.07) is 8.26. The second-order valence-corrected chi connectivity index (χ2v) is 6.52. The second kappa shape index (κ2) is 7.84. The third-order valence-electron chi connectivity index (χ3n) is 4.35. The van der Waals surface area contributed by atoms with Crippen molar-refractivity contribution in [2.45, 2.75) is 18.9 Å². The number of benzene rings is 2. The Morgan fingerprint density at radius 2 is 2.00 bits per heavy atom. The average Bonchev–Trinajstić information content (AvgIpc) is 2.97. The third kappa shape index (κ3) is 4.14. The zero-order valence-corrected chi connectivity index (χ0v) is 15.5. The molecule has 142 valence electrons. The van der Waals surface area contributed by atoms with E-state index in [1.807, 2.05) is 0 Å². The quantitative estimate of drug-likeness (QED) is 0.839. The van der Waals surface area contributed by atoms with Crippen LogP contribution in [0.25, 0.3) is 0 Å². The van der Waals surface area contributed by atoms with Crippen molar-refractivity contribution in [3.05, 3.63) is 47.2 Å². The molecule has 3 rings (SSSR count). The number of halogens is 2. The number of nitrogens with one attached hydrogen (secondary N) is 1. The Bertz CT molecular complexity index is 890. The lowest BCUT2D eigenvalue weighted by atomic mass is 10.2. The molecule has 1 unspecified atom stereocenters. The maximum atomic E-state index is 13.9. The number of likely N-dealkylation sites (tertiary alicyclic amines) is 1. The van der Waals surface area contributed by atoms with Crippen LogP contribution in [0.5, 0.6) is 17.2 Å². The molecular weight excluding hydrogens is 375 g/mol. The fraction of sp³-hybridized carbons (Fsp3) is 0.263. The maximum Gasteiger partial charge on any atom is 0.247 e. The Hall–Kier alpha value is -2.80. The van der Waals surface area contributed by atoms with Crippen LogP contribution in [-0.2, 0) is 9.59 Å². The summed E-state index contributed by atoms with van der Waals surface area (Å²) in [5, 5.41) is 3.01. The number of likely N-dealkylation sites (N-methyl/N-ethyl adjacent to an activating group) is 1. The largest absolute Gasteiger partial charge is 0.495 e. The van der Waals surface area contributed by atoms with Gasteiger partial charge < -0.3 is 19.7 Å². The number of nitrogens with zero attached hydrogens (tertiary/aromatic N) is 1. The molecule has 2 aromatic carbocycles. The van der Waals surface area contributed by atoms with Crippen molar-refractivity contribution in [1.29, 1.82) is 0 Å². The molecule has 1 N–H and O–H groups in total. The Kier molecular flexibility index (Phi) is 5.51. The van der Waals surface area contributed by atoms with E-state index in [-0.39, 0.29) is 22.6 Å². The summed E-state index contributed by atoms with van der Waals surface area (Å²) in [5.41, 5.74) is 0.363. The zero-order valence-electron chi connectivity index (χ0n) is 14.8. The van der Waals surface area contributed by atoms with E-state index >= 15 is 0 Å². The van der Waals surface area contributed by atoms with Gasteiger partial charge in [-0.15, -0.1) is 0 Å². The molecule has 0 bridgehead atoms. The molecular formula is C19H18ClFN2O4. The van der Waals surface area contributed by atoms with E-state index in [9.17, 15) is 14.0 Å². The molecule has 6 nitrogen and oxygen atoms in total.